The molecule has 33 heavy (non-hydrogen) atoms. The van der Waals surface area contributed by atoms with Gasteiger partial charge in [0.1, 0.15) is 5.75 Å². The highest BCUT2D eigenvalue weighted by atomic mass is 35.5. The minimum absolute atomic E-state index is 0.271. The van der Waals surface area contributed by atoms with E-state index in [9.17, 15) is 22.8 Å². The van der Waals surface area contributed by atoms with Crippen LogP contribution in [-0.2, 0) is 11.0 Å². The predicted molar refractivity (Wildman–Crippen MR) is 121 cm³/mol. The second-order valence-electron chi connectivity index (χ2n) is 8.02. The van der Waals surface area contributed by atoms with Crippen LogP contribution in [-0.4, -0.2) is 51.0 Å². The molecule has 0 aliphatic carbocycles. The average molecular weight is 484 g/mol. The molecule has 1 aliphatic rings. The van der Waals surface area contributed by atoms with Crippen molar-refractivity contribution in [3.05, 3.63) is 52.5 Å². The van der Waals surface area contributed by atoms with E-state index in [1.807, 2.05) is 0 Å². The molecule has 1 aliphatic heterocycles. The number of nitrogens with one attached hydrogen (secondary N) is 1. The van der Waals surface area contributed by atoms with Crippen LogP contribution in [0.1, 0.15) is 28.8 Å². The van der Waals surface area contributed by atoms with Gasteiger partial charge in [-0.1, -0.05) is 11.6 Å². The predicted octanol–water partition coefficient (Wildman–Crippen LogP) is 4.92. The summed E-state index contributed by atoms with van der Waals surface area (Å²) in [6.45, 7) is 0.580. The second-order valence-corrected chi connectivity index (χ2v) is 8.46. The number of methoxy groups -OCH3 is 1. The number of halogens is 4. The van der Waals surface area contributed by atoms with Gasteiger partial charge in [-0.15, -0.1) is 0 Å². The van der Waals surface area contributed by atoms with Crippen molar-refractivity contribution in [2.75, 3.05) is 44.5 Å². The van der Waals surface area contributed by atoms with E-state index in [4.69, 9.17) is 16.3 Å². The number of piperidine rings is 1. The van der Waals surface area contributed by atoms with Gasteiger partial charge in [0.05, 0.1) is 23.9 Å². The highest BCUT2D eigenvalue weighted by molar-refractivity contribution is 6.31. The fourth-order valence-electron chi connectivity index (χ4n) is 3.75. The zero-order chi connectivity index (χ0) is 24.3. The van der Waals surface area contributed by atoms with E-state index in [0.717, 1.165) is 6.07 Å². The van der Waals surface area contributed by atoms with Crippen LogP contribution in [0.25, 0.3) is 0 Å². The van der Waals surface area contributed by atoms with Gasteiger partial charge < -0.3 is 19.9 Å². The zero-order valence-electron chi connectivity index (χ0n) is 18.5. The number of rotatable bonds is 5. The van der Waals surface area contributed by atoms with Crippen molar-refractivity contribution in [3.63, 3.8) is 0 Å². The molecular weight excluding hydrogens is 459 g/mol. The maximum atomic E-state index is 13.5. The molecular formula is C23H25ClF3N3O3. The first-order valence-corrected chi connectivity index (χ1v) is 10.7. The smallest absolute Gasteiger partial charge is 0.418 e. The number of benzene rings is 2. The molecule has 1 heterocycles. The number of carbonyl (C=O) groups is 2. The Hall–Kier alpha value is -2.94. The fraction of sp³-hybridized carbons (Fsp3) is 0.391. The third-order valence-corrected chi connectivity index (χ3v) is 5.86. The normalized spacial score (nSPS) is 14.7. The first-order valence-electron chi connectivity index (χ1n) is 10.3. The molecule has 0 aromatic heterocycles. The van der Waals surface area contributed by atoms with Crippen LogP contribution in [0.5, 0.6) is 5.75 Å². The molecule has 0 atom stereocenters. The summed E-state index contributed by atoms with van der Waals surface area (Å²) < 4.78 is 45.9. The largest absolute Gasteiger partial charge is 0.496 e. The Labute approximate surface area is 195 Å². The number of hydrogen-bond donors (Lipinski definition) is 1. The summed E-state index contributed by atoms with van der Waals surface area (Å²) in [6, 6.07) is 8.54. The van der Waals surface area contributed by atoms with Crippen molar-refractivity contribution in [2.24, 2.45) is 5.92 Å². The Kier molecular flexibility index (Phi) is 7.41. The number of likely N-dealkylation sites (tertiary alicyclic amines) is 1. The minimum atomic E-state index is -4.61. The lowest BCUT2D eigenvalue weighted by Gasteiger charge is -2.32. The fourth-order valence-corrected chi connectivity index (χ4v) is 3.92. The number of anilines is 2. The number of carbonyl (C=O) groups excluding carboxylic acids is 2. The van der Waals surface area contributed by atoms with Crippen LogP contribution >= 0.6 is 11.6 Å². The summed E-state index contributed by atoms with van der Waals surface area (Å²) in [5.41, 5.74) is -0.477. The number of alkyl halides is 3. The monoisotopic (exact) mass is 483 g/mol. The molecule has 0 spiro atoms. The van der Waals surface area contributed by atoms with Gasteiger partial charge in [0.2, 0.25) is 5.91 Å². The molecule has 0 saturated carbocycles. The molecule has 2 aromatic rings. The van der Waals surface area contributed by atoms with Gasteiger partial charge in [-0.25, -0.2) is 0 Å². The van der Waals surface area contributed by atoms with Crippen LogP contribution in [0.4, 0.5) is 24.5 Å². The maximum Gasteiger partial charge on any atom is 0.418 e. The van der Waals surface area contributed by atoms with E-state index in [0.29, 0.717) is 34.9 Å². The lowest BCUT2D eigenvalue weighted by atomic mass is 9.95. The molecule has 1 fully saturated rings. The molecule has 2 aromatic carbocycles. The molecule has 2 amide bonds. The van der Waals surface area contributed by atoms with Gasteiger partial charge in [-0.2, -0.15) is 13.2 Å². The van der Waals surface area contributed by atoms with Crippen LogP contribution in [0.3, 0.4) is 0 Å². The van der Waals surface area contributed by atoms with Crippen LogP contribution < -0.4 is 15.0 Å². The first-order chi connectivity index (χ1) is 15.5. The molecule has 0 bridgehead atoms. The van der Waals surface area contributed by atoms with Gasteiger partial charge in [-0.3, -0.25) is 9.59 Å². The lowest BCUT2D eigenvalue weighted by molar-refractivity contribution is -0.137. The third-order valence-electron chi connectivity index (χ3n) is 5.63. The van der Waals surface area contributed by atoms with E-state index in [-0.39, 0.29) is 24.7 Å². The number of amides is 2. The summed E-state index contributed by atoms with van der Waals surface area (Å²) in [5.74, 6) is -0.882. The average Bonchev–Trinajstić information content (AvgIpc) is 2.78. The summed E-state index contributed by atoms with van der Waals surface area (Å²) >= 11 is 6.01. The van der Waals surface area contributed by atoms with E-state index in [2.05, 4.69) is 5.32 Å². The minimum Gasteiger partial charge on any atom is -0.496 e. The molecule has 1 saturated heterocycles. The number of hydrogen-bond acceptors (Lipinski definition) is 4. The van der Waals surface area contributed by atoms with Crippen LogP contribution in [0, 0.1) is 5.92 Å². The Bertz CT molecular complexity index is 1040. The highest BCUT2D eigenvalue weighted by Crippen LogP contribution is 2.37. The van der Waals surface area contributed by atoms with Crippen molar-refractivity contribution < 1.29 is 27.5 Å². The van der Waals surface area contributed by atoms with Crippen molar-refractivity contribution in [1.82, 2.24) is 4.90 Å². The van der Waals surface area contributed by atoms with Crippen molar-refractivity contribution in [3.8, 4) is 5.75 Å². The summed E-state index contributed by atoms with van der Waals surface area (Å²) in [4.78, 5) is 28.8. The molecule has 6 nitrogen and oxygen atoms in total. The highest BCUT2D eigenvalue weighted by Gasteiger charge is 2.36. The maximum absolute atomic E-state index is 13.5. The van der Waals surface area contributed by atoms with E-state index >= 15 is 0 Å². The Morgan fingerprint density at radius 3 is 2.36 bits per heavy atom. The summed E-state index contributed by atoms with van der Waals surface area (Å²) in [5, 5.41) is 2.83. The first kappa shape index (κ1) is 24.7. The molecule has 10 heteroatoms. The Morgan fingerprint density at radius 2 is 1.79 bits per heavy atom. The Morgan fingerprint density at radius 1 is 1.12 bits per heavy atom. The lowest BCUT2D eigenvalue weighted by Crippen LogP contribution is -2.41. The van der Waals surface area contributed by atoms with Crippen molar-refractivity contribution >= 4 is 34.8 Å². The zero-order valence-corrected chi connectivity index (χ0v) is 19.3. The van der Waals surface area contributed by atoms with Crippen molar-refractivity contribution in [2.45, 2.75) is 19.0 Å². The van der Waals surface area contributed by atoms with Gasteiger partial charge in [0, 0.05) is 43.8 Å². The van der Waals surface area contributed by atoms with Gasteiger partial charge in [0.15, 0.2) is 0 Å². The van der Waals surface area contributed by atoms with E-state index in [1.54, 1.807) is 36.0 Å². The van der Waals surface area contributed by atoms with E-state index in [1.165, 1.54) is 25.3 Å². The molecule has 3 rings (SSSR count). The van der Waals surface area contributed by atoms with Crippen molar-refractivity contribution in [1.29, 1.82) is 0 Å². The molecule has 178 valence electrons. The quantitative estimate of drug-likeness (QED) is 0.655. The molecule has 1 N–H and O–H groups in total. The Balaban J connectivity index is 1.68. The van der Waals surface area contributed by atoms with Crippen LogP contribution in [0.15, 0.2) is 36.4 Å². The number of ether oxygens (including phenoxy) is 1. The topological polar surface area (TPSA) is 61.9 Å². The standard InChI is InChI=1S/C23H25ClF3N3O3/c1-29(2)16-5-6-19(18(13-16)23(25,26)27)28-21(31)14-8-10-30(11-9-14)22(32)17-12-15(24)4-7-20(17)33-3/h4-7,12-14H,8-11H2,1-3H3,(H,28,31). The summed E-state index contributed by atoms with van der Waals surface area (Å²) in [7, 11) is 4.74. The van der Waals surface area contributed by atoms with Gasteiger partial charge in [-0.05, 0) is 49.2 Å². The van der Waals surface area contributed by atoms with Crippen LogP contribution in [0.2, 0.25) is 5.02 Å². The molecule has 0 radical (unpaired) electrons. The second kappa shape index (κ2) is 9.91. The summed E-state index contributed by atoms with van der Waals surface area (Å²) in [6.07, 6.45) is -3.95. The molecule has 0 unspecified atom stereocenters. The third kappa shape index (κ3) is 5.71. The number of nitrogens with zero attached hydrogens (tertiary/aromatic N) is 2. The van der Waals surface area contributed by atoms with E-state index < -0.39 is 23.6 Å². The van der Waals surface area contributed by atoms with Gasteiger partial charge >= 0.3 is 6.18 Å². The SMILES string of the molecule is COc1ccc(Cl)cc1C(=O)N1CCC(C(=O)Nc2ccc(N(C)C)cc2C(F)(F)F)CC1. The van der Waals surface area contributed by atoms with Gasteiger partial charge in [0.25, 0.3) is 5.91 Å².